The Labute approximate surface area is 103 Å². The van der Waals surface area contributed by atoms with Crippen LogP contribution < -0.4 is 0 Å². The van der Waals surface area contributed by atoms with Crippen LogP contribution in [0.2, 0.25) is 0 Å². The first-order valence-electron chi connectivity index (χ1n) is 5.40. The Morgan fingerprint density at radius 2 is 2.06 bits per heavy atom. The van der Waals surface area contributed by atoms with E-state index in [9.17, 15) is 4.21 Å². The van der Waals surface area contributed by atoms with Gasteiger partial charge in [-0.05, 0) is 50.6 Å². The molecule has 0 aliphatic rings. The lowest BCUT2D eigenvalue weighted by Gasteiger charge is -2.12. The summed E-state index contributed by atoms with van der Waals surface area (Å²) in [7, 11) is -1.22. The van der Waals surface area contributed by atoms with E-state index < -0.39 is 11.0 Å². The number of benzene rings is 1. The molecule has 0 fully saturated rings. The molecule has 0 aliphatic heterocycles. The van der Waals surface area contributed by atoms with Crippen molar-refractivity contribution in [2.24, 2.45) is 4.40 Å². The summed E-state index contributed by atoms with van der Waals surface area (Å²) in [5.41, 5.74) is 1.77. The van der Waals surface area contributed by atoms with E-state index in [4.69, 9.17) is 4.42 Å². The van der Waals surface area contributed by atoms with Gasteiger partial charge in [0.05, 0.1) is 11.0 Å². The summed E-state index contributed by atoms with van der Waals surface area (Å²) < 4.78 is 20.7. The fourth-order valence-corrected chi connectivity index (χ4v) is 1.87. The summed E-state index contributed by atoms with van der Waals surface area (Å²) in [5, 5.41) is 1.02. The Morgan fingerprint density at radius 1 is 1.29 bits per heavy atom. The van der Waals surface area contributed by atoms with Crippen LogP contribution in [0.5, 0.6) is 0 Å². The largest absolute Gasteiger partial charge is 0.464 e. The van der Waals surface area contributed by atoms with Crippen LogP contribution in [-0.4, -0.2) is 15.2 Å². The maximum atomic E-state index is 11.7. The van der Waals surface area contributed by atoms with E-state index in [0.717, 1.165) is 16.5 Å². The number of furan rings is 1. The SMILES string of the molecule is CC(C)(C)[S@@](=O)/N=C/c1ccc2occc2c1. The molecule has 90 valence electrons. The predicted octanol–water partition coefficient (Wildman–Crippen LogP) is 3.31. The summed E-state index contributed by atoms with van der Waals surface area (Å²) in [6.45, 7) is 5.71. The van der Waals surface area contributed by atoms with E-state index in [0.29, 0.717) is 0 Å². The third-order valence-corrected chi connectivity index (χ3v) is 3.64. The van der Waals surface area contributed by atoms with Gasteiger partial charge in [0.1, 0.15) is 16.6 Å². The van der Waals surface area contributed by atoms with Crippen molar-refractivity contribution in [3.8, 4) is 0 Å². The average Bonchev–Trinajstić information content (AvgIpc) is 2.71. The number of hydrogen-bond acceptors (Lipinski definition) is 2. The van der Waals surface area contributed by atoms with E-state index in [1.165, 1.54) is 0 Å². The smallest absolute Gasteiger partial charge is 0.144 e. The molecule has 1 heterocycles. The zero-order valence-electron chi connectivity index (χ0n) is 10.1. The van der Waals surface area contributed by atoms with Gasteiger partial charge in [-0.3, -0.25) is 0 Å². The molecule has 0 saturated heterocycles. The van der Waals surface area contributed by atoms with Crippen molar-refractivity contribution < 1.29 is 8.63 Å². The van der Waals surface area contributed by atoms with Crippen molar-refractivity contribution in [1.82, 2.24) is 0 Å². The van der Waals surface area contributed by atoms with E-state index >= 15 is 0 Å². The summed E-state index contributed by atoms with van der Waals surface area (Å²) in [5.74, 6) is 0. The van der Waals surface area contributed by atoms with E-state index in [2.05, 4.69) is 4.40 Å². The van der Waals surface area contributed by atoms with Crippen molar-refractivity contribution in [3.05, 3.63) is 36.1 Å². The Hall–Kier alpha value is -1.42. The lowest BCUT2D eigenvalue weighted by atomic mass is 10.2. The van der Waals surface area contributed by atoms with Crippen LogP contribution in [-0.2, 0) is 11.0 Å². The molecule has 0 aliphatic carbocycles. The zero-order chi connectivity index (χ0) is 12.5. The van der Waals surface area contributed by atoms with Crippen LogP contribution in [0, 0.1) is 0 Å². The molecule has 0 spiro atoms. The average molecular weight is 249 g/mol. The van der Waals surface area contributed by atoms with Crippen LogP contribution in [0.1, 0.15) is 26.3 Å². The van der Waals surface area contributed by atoms with Crippen LogP contribution in [0.15, 0.2) is 39.3 Å². The summed E-state index contributed by atoms with van der Waals surface area (Å²) >= 11 is 0. The number of fused-ring (bicyclic) bond motifs is 1. The van der Waals surface area contributed by atoms with Crippen molar-refractivity contribution in [2.45, 2.75) is 25.5 Å². The van der Waals surface area contributed by atoms with Gasteiger partial charge in [-0.15, -0.1) is 0 Å². The highest BCUT2D eigenvalue weighted by atomic mass is 32.2. The Balaban J connectivity index is 2.23. The highest BCUT2D eigenvalue weighted by molar-refractivity contribution is 7.85. The normalized spacial score (nSPS) is 14.5. The molecular weight excluding hydrogens is 234 g/mol. The molecule has 4 heteroatoms. The topological polar surface area (TPSA) is 42.6 Å². The Bertz CT molecular complexity index is 578. The molecule has 0 saturated carbocycles. The lowest BCUT2D eigenvalue weighted by Crippen LogP contribution is -2.19. The van der Waals surface area contributed by atoms with Gasteiger partial charge in [-0.25, -0.2) is 4.21 Å². The molecule has 1 atom stereocenters. The van der Waals surface area contributed by atoms with Crippen LogP contribution in [0.4, 0.5) is 0 Å². The first-order valence-corrected chi connectivity index (χ1v) is 6.51. The second-order valence-corrected chi connectivity index (χ2v) is 6.75. The number of nitrogens with zero attached hydrogens (tertiary/aromatic N) is 1. The van der Waals surface area contributed by atoms with Crippen LogP contribution in [0.3, 0.4) is 0 Å². The Morgan fingerprint density at radius 3 is 2.76 bits per heavy atom. The first-order chi connectivity index (χ1) is 7.97. The summed E-state index contributed by atoms with van der Waals surface area (Å²) in [6.07, 6.45) is 3.30. The van der Waals surface area contributed by atoms with Gasteiger partial charge in [-0.2, -0.15) is 4.40 Å². The number of rotatable bonds is 2. The second-order valence-electron chi connectivity index (χ2n) is 4.81. The molecule has 0 N–H and O–H groups in total. The van der Waals surface area contributed by atoms with E-state index in [-0.39, 0.29) is 4.75 Å². The predicted molar refractivity (Wildman–Crippen MR) is 71.7 cm³/mol. The minimum atomic E-state index is -1.22. The van der Waals surface area contributed by atoms with Gasteiger partial charge in [0, 0.05) is 11.6 Å². The molecular formula is C13H15NO2S. The molecule has 2 aromatic rings. The van der Waals surface area contributed by atoms with Gasteiger partial charge in [0.25, 0.3) is 0 Å². The van der Waals surface area contributed by atoms with Gasteiger partial charge in [0.15, 0.2) is 0 Å². The third-order valence-electron chi connectivity index (χ3n) is 2.30. The lowest BCUT2D eigenvalue weighted by molar-refractivity contribution is 0.616. The quantitative estimate of drug-likeness (QED) is 0.766. The third kappa shape index (κ3) is 2.82. The molecule has 17 heavy (non-hydrogen) atoms. The number of hydrogen-bond donors (Lipinski definition) is 0. The fourth-order valence-electron chi connectivity index (χ4n) is 1.33. The molecule has 0 radical (unpaired) electrons. The molecule has 2 rings (SSSR count). The monoisotopic (exact) mass is 249 g/mol. The minimum Gasteiger partial charge on any atom is -0.464 e. The fraction of sp³-hybridized carbons (Fsp3) is 0.308. The van der Waals surface area contributed by atoms with Gasteiger partial charge in [-0.1, -0.05) is 0 Å². The van der Waals surface area contributed by atoms with Crippen molar-refractivity contribution in [2.75, 3.05) is 0 Å². The second kappa shape index (κ2) is 4.45. The highest BCUT2D eigenvalue weighted by Crippen LogP contribution is 2.17. The van der Waals surface area contributed by atoms with Crippen molar-refractivity contribution >= 4 is 28.2 Å². The van der Waals surface area contributed by atoms with Gasteiger partial charge < -0.3 is 4.42 Å². The molecule has 1 aromatic heterocycles. The van der Waals surface area contributed by atoms with Crippen LogP contribution in [0.25, 0.3) is 11.0 Å². The van der Waals surface area contributed by atoms with Crippen LogP contribution >= 0.6 is 0 Å². The summed E-state index contributed by atoms with van der Waals surface area (Å²) in [4.78, 5) is 0. The van der Waals surface area contributed by atoms with Gasteiger partial charge in [0.2, 0.25) is 0 Å². The maximum absolute atomic E-state index is 11.7. The Kier molecular flexibility index (Phi) is 3.15. The minimum absolute atomic E-state index is 0.323. The standard InChI is InChI=1S/C13H15NO2S/c1-13(2,3)17(15)14-9-10-4-5-12-11(8-10)6-7-16-12/h4-9H,1-3H3/b14-9+/t17-/m1/s1. The first kappa shape index (κ1) is 12.0. The van der Waals surface area contributed by atoms with Crippen molar-refractivity contribution in [3.63, 3.8) is 0 Å². The van der Waals surface area contributed by atoms with Gasteiger partial charge >= 0.3 is 0 Å². The van der Waals surface area contributed by atoms with E-state index in [1.807, 2.05) is 45.0 Å². The van der Waals surface area contributed by atoms with E-state index in [1.54, 1.807) is 12.5 Å². The molecule has 0 bridgehead atoms. The molecule has 3 nitrogen and oxygen atoms in total. The zero-order valence-corrected chi connectivity index (χ0v) is 11.0. The molecule has 0 amide bonds. The molecule has 1 aromatic carbocycles. The molecule has 0 unspecified atom stereocenters. The summed E-state index contributed by atoms with van der Waals surface area (Å²) in [6, 6.07) is 7.64. The maximum Gasteiger partial charge on any atom is 0.144 e. The van der Waals surface area contributed by atoms with Crippen molar-refractivity contribution in [1.29, 1.82) is 0 Å². The highest BCUT2D eigenvalue weighted by Gasteiger charge is 2.18.